The Morgan fingerprint density at radius 3 is 2.17 bits per heavy atom. The molecule has 2 aromatic rings. The summed E-state index contributed by atoms with van der Waals surface area (Å²) in [5, 5.41) is 15.6. The fourth-order valence-corrected chi connectivity index (χ4v) is 3.34. The van der Waals surface area contributed by atoms with E-state index in [1.807, 2.05) is 24.3 Å². The number of anilines is 1. The number of ether oxygens (including phenoxy) is 1. The molecule has 0 atom stereocenters. The summed E-state index contributed by atoms with van der Waals surface area (Å²) in [5.41, 5.74) is 7.64. The molecule has 0 aliphatic carbocycles. The van der Waals surface area contributed by atoms with E-state index >= 15 is 0 Å². The van der Waals surface area contributed by atoms with Crippen molar-refractivity contribution >= 4 is 39.3 Å². The molecule has 0 aliphatic heterocycles. The lowest BCUT2D eigenvalue weighted by atomic mass is 10.0. The van der Waals surface area contributed by atoms with Gasteiger partial charge in [0, 0.05) is 46.1 Å². The van der Waals surface area contributed by atoms with Gasteiger partial charge in [-0.25, -0.2) is 9.59 Å². The van der Waals surface area contributed by atoms with E-state index in [4.69, 9.17) is 20.7 Å². The number of carboxylic acid groups (broad SMARTS) is 2. The van der Waals surface area contributed by atoms with Gasteiger partial charge in [-0.1, -0.05) is 34.8 Å². The third-order valence-electron chi connectivity index (χ3n) is 4.89. The van der Waals surface area contributed by atoms with Crippen LogP contribution in [0.4, 0.5) is 5.69 Å². The predicted octanol–water partition coefficient (Wildman–Crippen LogP) is 5.03. The standard InChI is InChI=1S/C23H29BrN2O2.C4H4O4/c1-3-14-26(2)15-6-4-5-7-16-28-20-12-13-21(22(25)17-20)23(27)18-8-10-19(24)11-9-18;5-3(6)1-2-4(7)8/h3,8-13,17H,1,4-7,14-16,25H2,2H3;1-2H,(H,5,6)(H,7,8)/b;2-1+. The summed E-state index contributed by atoms with van der Waals surface area (Å²) in [5.74, 6) is -1.90. The van der Waals surface area contributed by atoms with E-state index in [2.05, 4.69) is 34.5 Å². The summed E-state index contributed by atoms with van der Waals surface area (Å²) in [4.78, 5) is 34.0. The van der Waals surface area contributed by atoms with Gasteiger partial charge >= 0.3 is 11.9 Å². The highest BCUT2D eigenvalue weighted by atomic mass is 79.9. The number of ketones is 1. The van der Waals surface area contributed by atoms with Crippen molar-refractivity contribution in [2.24, 2.45) is 0 Å². The van der Waals surface area contributed by atoms with E-state index in [0.29, 0.717) is 41.3 Å². The van der Waals surface area contributed by atoms with Crippen molar-refractivity contribution in [2.75, 3.05) is 32.5 Å². The molecule has 4 N–H and O–H groups in total. The van der Waals surface area contributed by atoms with E-state index in [1.165, 1.54) is 12.8 Å². The topological polar surface area (TPSA) is 130 Å². The molecule has 0 aliphatic rings. The van der Waals surface area contributed by atoms with Crippen LogP contribution in [-0.2, 0) is 9.59 Å². The van der Waals surface area contributed by atoms with Gasteiger partial charge in [0.15, 0.2) is 5.78 Å². The highest BCUT2D eigenvalue weighted by Crippen LogP contribution is 2.23. The Morgan fingerprint density at radius 2 is 1.61 bits per heavy atom. The summed E-state index contributed by atoms with van der Waals surface area (Å²) in [7, 11) is 2.11. The normalized spacial score (nSPS) is 10.5. The van der Waals surface area contributed by atoms with E-state index in [0.717, 1.165) is 30.4 Å². The number of carbonyl (C=O) groups is 3. The first-order valence-electron chi connectivity index (χ1n) is 11.4. The molecule has 0 amide bonds. The molecule has 0 spiro atoms. The largest absolute Gasteiger partial charge is 0.494 e. The number of aliphatic carboxylic acids is 2. The number of unbranched alkanes of at least 4 members (excludes halogenated alkanes) is 3. The van der Waals surface area contributed by atoms with E-state index in [1.54, 1.807) is 24.3 Å². The minimum absolute atomic E-state index is 0.0852. The number of carboxylic acids is 2. The SMILES string of the molecule is C=CCN(C)CCCCCCOc1ccc(C(=O)c2ccc(Br)cc2)c(N)c1.O=C(O)/C=C/C(=O)O. The fourth-order valence-electron chi connectivity index (χ4n) is 3.08. The van der Waals surface area contributed by atoms with Gasteiger partial charge in [-0.3, -0.25) is 4.79 Å². The molecule has 0 heterocycles. The average molecular weight is 561 g/mol. The smallest absolute Gasteiger partial charge is 0.328 e. The molecule has 2 aromatic carbocycles. The fraction of sp³-hybridized carbons (Fsp3) is 0.296. The van der Waals surface area contributed by atoms with Crippen LogP contribution >= 0.6 is 15.9 Å². The summed E-state index contributed by atoms with van der Waals surface area (Å²) in [6.45, 7) is 6.43. The van der Waals surface area contributed by atoms with Gasteiger partial charge in [0.2, 0.25) is 0 Å². The van der Waals surface area contributed by atoms with Gasteiger partial charge in [-0.15, -0.1) is 6.58 Å². The number of nitrogen functional groups attached to an aromatic ring is 1. The van der Waals surface area contributed by atoms with E-state index in [-0.39, 0.29) is 5.78 Å². The van der Waals surface area contributed by atoms with Gasteiger partial charge in [0.25, 0.3) is 0 Å². The second-order valence-electron chi connectivity index (χ2n) is 7.91. The maximum atomic E-state index is 12.6. The van der Waals surface area contributed by atoms with Crippen molar-refractivity contribution in [2.45, 2.75) is 25.7 Å². The number of likely N-dealkylation sites (N-methyl/N-ethyl adjacent to an activating group) is 1. The van der Waals surface area contributed by atoms with Crippen LogP contribution in [0.25, 0.3) is 0 Å². The number of rotatable bonds is 14. The number of hydrogen-bond acceptors (Lipinski definition) is 6. The zero-order chi connectivity index (χ0) is 26.9. The minimum Gasteiger partial charge on any atom is -0.494 e. The first-order chi connectivity index (χ1) is 17.1. The zero-order valence-corrected chi connectivity index (χ0v) is 21.9. The van der Waals surface area contributed by atoms with Crippen molar-refractivity contribution in [1.82, 2.24) is 4.90 Å². The Kier molecular flexibility index (Phi) is 14.5. The molecule has 0 aromatic heterocycles. The lowest BCUT2D eigenvalue weighted by Gasteiger charge is -2.13. The zero-order valence-electron chi connectivity index (χ0n) is 20.4. The third kappa shape index (κ3) is 12.9. The molecule has 36 heavy (non-hydrogen) atoms. The molecule has 0 saturated heterocycles. The van der Waals surface area contributed by atoms with Crippen LogP contribution in [0.1, 0.15) is 41.6 Å². The van der Waals surface area contributed by atoms with Crippen molar-refractivity contribution < 1.29 is 29.3 Å². The quantitative estimate of drug-likeness (QED) is 0.0963. The summed E-state index contributed by atoms with van der Waals surface area (Å²) < 4.78 is 6.72. The Morgan fingerprint density at radius 1 is 1.00 bits per heavy atom. The average Bonchev–Trinajstić information content (AvgIpc) is 2.83. The molecule has 0 unspecified atom stereocenters. The van der Waals surface area contributed by atoms with Gasteiger partial charge in [-0.05, 0) is 62.8 Å². The maximum Gasteiger partial charge on any atom is 0.328 e. The van der Waals surface area contributed by atoms with Gasteiger partial charge < -0.3 is 25.6 Å². The molecule has 0 radical (unpaired) electrons. The molecule has 2 rings (SSSR count). The molecule has 9 heteroatoms. The number of nitrogens with zero attached hydrogens (tertiary/aromatic N) is 1. The Labute approximate surface area is 220 Å². The molecular formula is C27H33BrN2O6. The third-order valence-corrected chi connectivity index (χ3v) is 5.41. The lowest BCUT2D eigenvalue weighted by molar-refractivity contribution is -0.134. The lowest BCUT2D eigenvalue weighted by Crippen LogP contribution is -2.19. The highest BCUT2D eigenvalue weighted by Gasteiger charge is 2.13. The van der Waals surface area contributed by atoms with Crippen LogP contribution in [0.3, 0.4) is 0 Å². The molecule has 0 fully saturated rings. The summed E-state index contributed by atoms with van der Waals surface area (Å²) >= 11 is 3.37. The molecule has 0 bridgehead atoms. The number of halogens is 1. The summed E-state index contributed by atoms with van der Waals surface area (Å²) in [6, 6.07) is 12.5. The first kappa shape index (κ1) is 30.6. The number of hydrogen-bond donors (Lipinski definition) is 3. The van der Waals surface area contributed by atoms with E-state index < -0.39 is 11.9 Å². The van der Waals surface area contributed by atoms with Crippen LogP contribution in [-0.4, -0.2) is 59.6 Å². The van der Waals surface area contributed by atoms with Crippen molar-refractivity contribution in [3.8, 4) is 5.75 Å². The van der Waals surface area contributed by atoms with Gasteiger partial charge in [0.05, 0.1) is 6.61 Å². The molecule has 194 valence electrons. The van der Waals surface area contributed by atoms with Crippen LogP contribution in [0.2, 0.25) is 0 Å². The summed E-state index contributed by atoms with van der Waals surface area (Å²) in [6.07, 6.45) is 7.56. The Hall–Kier alpha value is -3.43. The van der Waals surface area contributed by atoms with Crippen LogP contribution in [0.5, 0.6) is 5.75 Å². The molecule has 0 saturated carbocycles. The Bertz CT molecular complexity index is 1020. The van der Waals surface area contributed by atoms with Crippen molar-refractivity contribution in [3.63, 3.8) is 0 Å². The second kappa shape index (κ2) is 17.1. The van der Waals surface area contributed by atoms with Gasteiger partial charge in [-0.2, -0.15) is 0 Å². The monoisotopic (exact) mass is 560 g/mol. The minimum atomic E-state index is -1.26. The van der Waals surface area contributed by atoms with E-state index in [9.17, 15) is 14.4 Å². The van der Waals surface area contributed by atoms with Crippen LogP contribution < -0.4 is 10.5 Å². The Balaban J connectivity index is 0.000000697. The van der Waals surface area contributed by atoms with Crippen LogP contribution in [0.15, 0.2) is 71.7 Å². The maximum absolute atomic E-state index is 12.6. The molecular weight excluding hydrogens is 528 g/mol. The van der Waals surface area contributed by atoms with Crippen molar-refractivity contribution in [1.29, 1.82) is 0 Å². The van der Waals surface area contributed by atoms with Crippen molar-refractivity contribution in [3.05, 3.63) is 82.9 Å². The predicted molar refractivity (Wildman–Crippen MR) is 144 cm³/mol. The highest BCUT2D eigenvalue weighted by molar-refractivity contribution is 9.10. The number of benzene rings is 2. The first-order valence-corrected chi connectivity index (χ1v) is 12.2. The van der Waals surface area contributed by atoms with Crippen LogP contribution in [0, 0.1) is 0 Å². The second-order valence-corrected chi connectivity index (χ2v) is 8.82. The number of nitrogens with two attached hydrogens (primary N) is 1. The molecule has 8 nitrogen and oxygen atoms in total. The van der Waals surface area contributed by atoms with Gasteiger partial charge in [0.1, 0.15) is 5.75 Å². The number of carbonyl (C=O) groups excluding carboxylic acids is 1.